The minimum atomic E-state index is -0.421. The fourth-order valence-electron chi connectivity index (χ4n) is 2.28. The predicted molar refractivity (Wildman–Crippen MR) is 86.8 cm³/mol. The van der Waals surface area contributed by atoms with Crippen LogP contribution in [0.1, 0.15) is 44.1 Å². The lowest BCUT2D eigenvalue weighted by molar-refractivity contribution is 0.157. The van der Waals surface area contributed by atoms with Gasteiger partial charge in [0.05, 0.1) is 12.3 Å². The first-order valence-corrected chi connectivity index (χ1v) is 7.96. The van der Waals surface area contributed by atoms with Gasteiger partial charge in [0.25, 0.3) is 0 Å². The molecular weight excluding hydrogens is 278 g/mol. The molecule has 0 radical (unpaired) electrons. The number of hydrogen-bond acceptors (Lipinski definition) is 3. The van der Waals surface area contributed by atoms with E-state index in [0.29, 0.717) is 18.9 Å². The number of para-hydroxylation sites is 1. The first-order chi connectivity index (χ1) is 10.9. The Balaban J connectivity index is 1.99. The summed E-state index contributed by atoms with van der Waals surface area (Å²) in [5.41, 5.74) is 1.44. The molecule has 4 heteroatoms. The van der Waals surface area contributed by atoms with Crippen molar-refractivity contribution >= 4 is 11.8 Å². The van der Waals surface area contributed by atoms with Gasteiger partial charge >= 0.3 is 6.09 Å². The topological polar surface area (TPSA) is 47.6 Å². The summed E-state index contributed by atoms with van der Waals surface area (Å²) in [5, 5.41) is 2.75. The van der Waals surface area contributed by atoms with Crippen molar-refractivity contribution in [3.63, 3.8) is 0 Å². The summed E-state index contributed by atoms with van der Waals surface area (Å²) >= 11 is 0. The van der Waals surface area contributed by atoms with Gasteiger partial charge in [-0.15, -0.1) is 0 Å². The van der Waals surface area contributed by atoms with E-state index in [1.54, 1.807) is 0 Å². The molecule has 1 N–H and O–H groups in total. The van der Waals surface area contributed by atoms with Gasteiger partial charge in [0, 0.05) is 12.2 Å². The number of carbonyl (C=O) groups excluding carboxylic acids is 1. The lowest BCUT2D eigenvalue weighted by Crippen LogP contribution is -2.15. The fraction of sp³-hybridized carbons (Fsp3) is 0.500. The molecule has 0 aliphatic carbocycles. The number of anilines is 1. The Morgan fingerprint density at radius 1 is 0.955 bits per heavy atom. The normalized spacial score (nSPS) is 17.9. The zero-order chi connectivity index (χ0) is 15.5. The number of rotatable bonds is 0. The van der Waals surface area contributed by atoms with Crippen LogP contribution in [0.15, 0.2) is 24.3 Å². The zero-order valence-corrected chi connectivity index (χ0v) is 12.9. The van der Waals surface area contributed by atoms with Gasteiger partial charge in [-0.25, -0.2) is 4.79 Å². The fourth-order valence-corrected chi connectivity index (χ4v) is 2.28. The van der Waals surface area contributed by atoms with E-state index in [0.717, 1.165) is 31.4 Å². The van der Waals surface area contributed by atoms with Gasteiger partial charge in [-0.2, -0.15) is 0 Å². The van der Waals surface area contributed by atoms with Crippen LogP contribution in [-0.4, -0.2) is 25.9 Å². The van der Waals surface area contributed by atoms with E-state index in [2.05, 4.69) is 17.2 Å². The molecule has 1 heterocycles. The lowest BCUT2D eigenvalue weighted by Gasteiger charge is -2.08. The SMILES string of the molecule is O=C1Nc2ccccc2C#CCOCCCCCCCCO1. The standard InChI is InChI=1S/C18H23NO3/c20-18-19-17-12-6-5-10-16(17)11-9-14-21-13-7-3-1-2-4-8-15-22-18/h5-6,10,12H,1-4,7-8,13-15H2,(H,19,20). The molecule has 4 nitrogen and oxygen atoms in total. The number of cyclic esters (lactones) is 1. The molecule has 0 fully saturated rings. The highest BCUT2D eigenvalue weighted by Gasteiger charge is 2.06. The molecule has 1 aromatic carbocycles. The van der Waals surface area contributed by atoms with E-state index in [9.17, 15) is 4.79 Å². The molecule has 0 saturated heterocycles. The van der Waals surface area contributed by atoms with Gasteiger partial charge in [-0.05, 0) is 25.0 Å². The third-order valence-electron chi connectivity index (χ3n) is 3.48. The second-order valence-electron chi connectivity index (χ2n) is 5.28. The summed E-state index contributed by atoms with van der Waals surface area (Å²) in [5.74, 6) is 6.02. The molecule has 22 heavy (non-hydrogen) atoms. The number of ether oxygens (including phenoxy) is 2. The van der Waals surface area contributed by atoms with Gasteiger partial charge in [0.1, 0.15) is 6.61 Å². The Morgan fingerprint density at radius 2 is 1.68 bits per heavy atom. The highest BCUT2D eigenvalue weighted by molar-refractivity contribution is 5.86. The number of benzene rings is 1. The monoisotopic (exact) mass is 301 g/mol. The van der Waals surface area contributed by atoms with E-state index < -0.39 is 6.09 Å². The number of carbonyl (C=O) groups is 1. The number of hydrogen-bond donors (Lipinski definition) is 1. The maximum Gasteiger partial charge on any atom is 0.411 e. The molecule has 1 amide bonds. The van der Waals surface area contributed by atoms with E-state index in [1.165, 1.54) is 19.3 Å². The van der Waals surface area contributed by atoms with Crippen LogP contribution >= 0.6 is 0 Å². The van der Waals surface area contributed by atoms with Gasteiger partial charge in [0.2, 0.25) is 0 Å². The van der Waals surface area contributed by atoms with Crippen LogP contribution in [0.4, 0.5) is 10.5 Å². The third kappa shape index (κ3) is 6.19. The van der Waals surface area contributed by atoms with Gasteiger partial charge in [-0.3, -0.25) is 5.32 Å². The summed E-state index contributed by atoms with van der Waals surface area (Å²) in [4.78, 5) is 11.8. The van der Waals surface area contributed by atoms with Crippen LogP contribution in [0.2, 0.25) is 0 Å². The van der Waals surface area contributed by atoms with Crippen molar-refractivity contribution < 1.29 is 14.3 Å². The maximum atomic E-state index is 11.8. The Labute approximate surface area is 132 Å². The van der Waals surface area contributed by atoms with Crippen LogP contribution in [0.5, 0.6) is 0 Å². The van der Waals surface area contributed by atoms with Gasteiger partial charge < -0.3 is 9.47 Å². The van der Waals surface area contributed by atoms with Crippen molar-refractivity contribution in [3.05, 3.63) is 29.8 Å². The molecule has 0 unspecified atom stereocenters. The first kappa shape index (κ1) is 16.4. The van der Waals surface area contributed by atoms with E-state index in [1.807, 2.05) is 24.3 Å². The van der Waals surface area contributed by atoms with Crippen molar-refractivity contribution in [3.8, 4) is 11.8 Å². The van der Waals surface area contributed by atoms with Crippen molar-refractivity contribution in [2.45, 2.75) is 38.5 Å². The van der Waals surface area contributed by atoms with Crippen molar-refractivity contribution in [2.75, 3.05) is 25.1 Å². The number of nitrogens with one attached hydrogen (secondary N) is 1. The first-order valence-electron chi connectivity index (χ1n) is 7.96. The third-order valence-corrected chi connectivity index (χ3v) is 3.48. The Morgan fingerprint density at radius 3 is 2.55 bits per heavy atom. The predicted octanol–water partition coefficient (Wildman–Crippen LogP) is 3.96. The number of amides is 1. The Kier molecular flexibility index (Phi) is 7.34. The second-order valence-corrected chi connectivity index (χ2v) is 5.28. The van der Waals surface area contributed by atoms with E-state index >= 15 is 0 Å². The Bertz CT molecular complexity index is 531. The molecule has 1 aliphatic heterocycles. The van der Waals surface area contributed by atoms with Crippen LogP contribution in [0.25, 0.3) is 0 Å². The minimum Gasteiger partial charge on any atom is -0.449 e. The Hall–Kier alpha value is -1.99. The maximum absolute atomic E-state index is 11.8. The van der Waals surface area contributed by atoms with Crippen LogP contribution in [0.3, 0.4) is 0 Å². The smallest absolute Gasteiger partial charge is 0.411 e. The van der Waals surface area contributed by atoms with E-state index in [-0.39, 0.29) is 0 Å². The summed E-state index contributed by atoms with van der Waals surface area (Å²) in [6.07, 6.45) is 6.21. The average molecular weight is 301 g/mol. The van der Waals surface area contributed by atoms with Gasteiger partial charge in [-0.1, -0.05) is 49.7 Å². The summed E-state index contributed by atoms with van der Waals surface area (Å²) in [6.45, 7) is 1.64. The summed E-state index contributed by atoms with van der Waals surface area (Å²) < 4.78 is 10.7. The molecule has 0 spiro atoms. The lowest BCUT2D eigenvalue weighted by atomic mass is 10.1. The van der Waals surface area contributed by atoms with Crippen LogP contribution in [-0.2, 0) is 9.47 Å². The second kappa shape index (κ2) is 9.86. The van der Waals surface area contributed by atoms with E-state index in [4.69, 9.17) is 9.47 Å². The minimum absolute atomic E-state index is 0.415. The van der Waals surface area contributed by atoms with Crippen LogP contribution < -0.4 is 5.32 Å². The largest absolute Gasteiger partial charge is 0.449 e. The summed E-state index contributed by atoms with van der Waals surface area (Å²) in [6, 6.07) is 7.45. The molecule has 118 valence electrons. The van der Waals surface area contributed by atoms with Gasteiger partial charge in [0.15, 0.2) is 0 Å². The van der Waals surface area contributed by atoms with Crippen molar-refractivity contribution in [1.82, 2.24) is 0 Å². The number of fused-ring (bicyclic) bond motifs is 1. The summed E-state index contributed by atoms with van der Waals surface area (Å²) in [7, 11) is 0. The van der Waals surface area contributed by atoms with Crippen LogP contribution in [0, 0.1) is 11.8 Å². The molecule has 1 aliphatic rings. The quantitative estimate of drug-likeness (QED) is 0.738. The van der Waals surface area contributed by atoms with Crippen molar-refractivity contribution in [2.24, 2.45) is 0 Å². The molecule has 0 bridgehead atoms. The molecule has 1 aromatic rings. The zero-order valence-electron chi connectivity index (χ0n) is 12.9. The highest BCUT2D eigenvalue weighted by atomic mass is 16.5. The molecule has 0 atom stereocenters. The van der Waals surface area contributed by atoms with Crippen molar-refractivity contribution in [1.29, 1.82) is 0 Å². The molecule has 0 saturated carbocycles. The molecular formula is C18H23NO3. The molecule has 0 aromatic heterocycles. The molecule has 2 rings (SSSR count). The average Bonchev–Trinajstić information content (AvgIpc) is 2.53. The highest BCUT2D eigenvalue weighted by Crippen LogP contribution is 2.14.